The van der Waals surface area contributed by atoms with E-state index >= 15 is 0 Å². The summed E-state index contributed by atoms with van der Waals surface area (Å²) in [6.45, 7) is 0. The van der Waals surface area contributed by atoms with Crippen molar-refractivity contribution in [2.75, 3.05) is 0 Å². The van der Waals surface area contributed by atoms with Crippen molar-refractivity contribution in [2.24, 2.45) is 0 Å². The fourth-order valence-corrected chi connectivity index (χ4v) is 0. The summed E-state index contributed by atoms with van der Waals surface area (Å²) in [5.74, 6) is 0. The predicted molar refractivity (Wildman–Crippen MR) is 0 cm³/mol. The van der Waals surface area contributed by atoms with Crippen LogP contribution in [-0.4, -0.2) is 0 Å². The molecule has 0 nitrogen and oxygen atoms in total. The van der Waals surface area contributed by atoms with E-state index in [1.165, 1.54) is 0 Å². The summed E-state index contributed by atoms with van der Waals surface area (Å²) in [4.78, 5) is 0. The predicted octanol–water partition coefficient (Wildman–Crippen LogP) is -18.0. The van der Waals surface area contributed by atoms with Gasteiger partial charge in [-0.3, -0.25) is 0 Å². The molecule has 0 heterocycles. The molecule has 0 spiro atoms. The Morgan fingerprint density at radius 3 is 0.250 bits per heavy atom. The first-order chi connectivity index (χ1) is 0. The first-order valence-corrected chi connectivity index (χ1v) is 0. The summed E-state index contributed by atoms with van der Waals surface area (Å²) in [5, 5.41) is 0. The van der Waals surface area contributed by atoms with E-state index in [9.17, 15) is 0 Å². The molecule has 0 aliphatic rings. The van der Waals surface area contributed by atoms with E-state index in [0.29, 0.717) is 0 Å². The van der Waals surface area contributed by atoms with Crippen LogP contribution in [0.15, 0.2) is 0 Å². The molecule has 0 aromatic heterocycles. The molecule has 0 aliphatic heterocycles. The fourth-order valence-electron chi connectivity index (χ4n) is 0. The Hall–Kier alpha value is 3.04. The molecule has 8 heavy (non-hydrogen) atoms. The molecule has 0 aromatic rings. The zero-order valence-electron chi connectivity index (χ0n) is 2.93. The molecule has 0 saturated heterocycles. The van der Waals surface area contributed by atoms with E-state index in [4.69, 9.17) is 0 Å². The third-order valence-electron chi connectivity index (χ3n) is 0. The van der Waals surface area contributed by atoms with Crippen LogP contribution >= 0.6 is 0 Å². The summed E-state index contributed by atoms with van der Waals surface area (Å²) in [6.07, 6.45) is 0. The molecule has 8 heteroatoms. The average molecular weight is 597 g/mol. The number of hydrogen-bond donors (Lipinski definition) is 0. The Kier molecular flexibility index (Phi) is 1340. The van der Waals surface area contributed by atoms with E-state index in [-0.39, 0.29) is 115 Å². The van der Waals surface area contributed by atoms with Gasteiger partial charge < -0.3 is 74.4 Å². The molecule has 60 valence electrons. The van der Waals surface area contributed by atoms with Gasteiger partial charge in [0.1, 0.15) is 0 Å². The van der Waals surface area contributed by atoms with Crippen molar-refractivity contribution in [1.29, 1.82) is 0 Å². The van der Waals surface area contributed by atoms with Gasteiger partial charge in [0.15, 0.2) is 0 Å². The third-order valence-corrected chi connectivity index (χ3v) is 0. The Labute approximate surface area is 113 Å². The molecular formula is Cl6Ir2. The monoisotopic (exact) mass is 596 g/mol. The van der Waals surface area contributed by atoms with Crippen LogP contribution in [0.4, 0.5) is 0 Å². The summed E-state index contributed by atoms with van der Waals surface area (Å²) < 4.78 is 0. The van der Waals surface area contributed by atoms with Crippen LogP contribution in [0, 0.1) is 0 Å². The topological polar surface area (TPSA) is 0 Å². The zero-order chi connectivity index (χ0) is 0. The third kappa shape index (κ3) is 63.3. The number of halogens is 6. The van der Waals surface area contributed by atoms with Gasteiger partial charge in [0.25, 0.3) is 0 Å². The first-order valence-electron chi connectivity index (χ1n) is 0. The van der Waals surface area contributed by atoms with Crippen LogP contribution in [-0.2, 0) is 40.2 Å². The van der Waals surface area contributed by atoms with Gasteiger partial charge in [-0.15, -0.1) is 0 Å². The summed E-state index contributed by atoms with van der Waals surface area (Å²) in [5.41, 5.74) is 0. The molecule has 0 aromatic carbocycles. The maximum atomic E-state index is 0. The van der Waals surface area contributed by atoms with Gasteiger partial charge in [0.05, 0.1) is 0 Å². The smallest absolute Gasteiger partial charge is 1.00 e. The van der Waals surface area contributed by atoms with E-state index in [1.54, 1.807) is 0 Å². The van der Waals surface area contributed by atoms with Crippen molar-refractivity contribution >= 4 is 0 Å². The van der Waals surface area contributed by atoms with Gasteiger partial charge in [-0.25, -0.2) is 0 Å². The summed E-state index contributed by atoms with van der Waals surface area (Å²) >= 11 is 0. The molecule has 0 aliphatic carbocycles. The van der Waals surface area contributed by atoms with Gasteiger partial charge in [-0.05, 0) is 0 Å². The average Bonchev–Trinajstić information content (AvgIpc) is 0. The van der Waals surface area contributed by atoms with Crippen LogP contribution in [0.3, 0.4) is 0 Å². The van der Waals surface area contributed by atoms with Crippen molar-refractivity contribution in [3.8, 4) is 0 Å². The minimum atomic E-state index is 0. The fraction of sp³-hybridized carbons (Fsp3) is 0. The minimum absolute atomic E-state index is 0. The first kappa shape index (κ1) is 120. The van der Waals surface area contributed by atoms with Crippen molar-refractivity contribution in [3.63, 3.8) is 0 Å². The van der Waals surface area contributed by atoms with Crippen LogP contribution in [0.2, 0.25) is 0 Å². The molecule has 0 rings (SSSR count). The quantitative estimate of drug-likeness (QED) is 0.261. The van der Waals surface area contributed by atoms with Gasteiger partial charge in [-0.1, -0.05) is 0 Å². The largest absolute Gasteiger partial charge is 3.00 e. The van der Waals surface area contributed by atoms with Crippen LogP contribution in [0.25, 0.3) is 0 Å². The molecule has 0 bridgehead atoms. The number of rotatable bonds is 0. The van der Waals surface area contributed by atoms with Gasteiger partial charge in [0.2, 0.25) is 0 Å². The van der Waals surface area contributed by atoms with Crippen LogP contribution in [0.5, 0.6) is 0 Å². The van der Waals surface area contributed by atoms with Gasteiger partial charge >= 0.3 is 40.2 Å². The zero-order valence-corrected chi connectivity index (χ0v) is 12.3. The van der Waals surface area contributed by atoms with E-state index in [0.717, 1.165) is 0 Å². The second-order valence-corrected chi connectivity index (χ2v) is 0. The van der Waals surface area contributed by atoms with Crippen molar-refractivity contribution in [1.82, 2.24) is 0 Å². The Morgan fingerprint density at radius 2 is 0.250 bits per heavy atom. The van der Waals surface area contributed by atoms with E-state index < -0.39 is 0 Å². The normalized spacial score (nSPS) is 0. The number of hydrogen-bond acceptors (Lipinski definition) is 0. The molecule has 0 unspecified atom stereocenters. The van der Waals surface area contributed by atoms with Crippen LogP contribution < -0.4 is 74.4 Å². The van der Waals surface area contributed by atoms with Crippen LogP contribution in [0.1, 0.15) is 0 Å². The summed E-state index contributed by atoms with van der Waals surface area (Å²) in [6, 6.07) is 0. The molecule has 0 saturated carbocycles. The second kappa shape index (κ2) is 88.8. The van der Waals surface area contributed by atoms with E-state index in [1.807, 2.05) is 0 Å². The minimum Gasteiger partial charge on any atom is -1.00 e. The Morgan fingerprint density at radius 1 is 0.250 bits per heavy atom. The van der Waals surface area contributed by atoms with Crippen molar-refractivity contribution in [3.05, 3.63) is 0 Å². The second-order valence-electron chi connectivity index (χ2n) is 0. The molecule has 0 fully saturated rings. The Bertz CT molecular complexity index is 6.49. The molecule has 0 N–H and O–H groups in total. The van der Waals surface area contributed by atoms with Gasteiger partial charge in [0, 0.05) is 0 Å². The van der Waals surface area contributed by atoms with Crippen molar-refractivity contribution < 1.29 is 115 Å². The summed E-state index contributed by atoms with van der Waals surface area (Å²) in [7, 11) is 0. The maximum absolute atomic E-state index is 0. The molecular weight excluding hydrogens is 597 g/mol. The SMILES string of the molecule is [Cl-].[Cl-].[Cl-].[Cl-].[Cl-].[Cl-].[Ir+3].[Ir+3]. The molecule has 0 radical (unpaired) electrons. The Balaban J connectivity index is 0. The van der Waals surface area contributed by atoms with E-state index in [2.05, 4.69) is 0 Å². The molecule has 0 amide bonds. The maximum Gasteiger partial charge on any atom is 3.00 e. The van der Waals surface area contributed by atoms with Gasteiger partial charge in [-0.2, -0.15) is 0 Å². The standard InChI is InChI=1S/6ClH.2Ir/h6*1H;;/q;;;;;;2*+3/p-6. The van der Waals surface area contributed by atoms with Crippen molar-refractivity contribution in [2.45, 2.75) is 0 Å². The molecule has 0 atom stereocenters.